The van der Waals surface area contributed by atoms with Gasteiger partial charge in [-0.15, -0.1) is 11.3 Å². The molecular weight excluding hydrogens is 352 g/mol. The minimum absolute atomic E-state index is 0.0895. The normalized spacial score (nSPS) is 11.1. The maximum Gasteiger partial charge on any atom is 0.178 e. The molecule has 0 amide bonds. The van der Waals surface area contributed by atoms with Crippen molar-refractivity contribution >= 4 is 34.4 Å². The van der Waals surface area contributed by atoms with Gasteiger partial charge in [-0.05, 0) is 30.0 Å². The van der Waals surface area contributed by atoms with Crippen molar-refractivity contribution in [3.05, 3.63) is 81.3 Å². The molecule has 0 N–H and O–H groups in total. The molecule has 0 unspecified atom stereocenters. The van der Waals surface area contributed by atoms with Crippen molar-refractivity contribution in [1.82, 2.24) is 9.38 Å². The molecule has 0 aliphatic rings. The van der Waals surface area contributed by atoms with Gasteiger partial charge in [-0.3, -0.25) is 4.79 Å². The molecule has 3 heterocycles. The highest BCUT2D eigenvalue weighted by Gasteiger charge is 2.19. The number of aromatic nitrogens is 2. The Morgan fingerprint density at radius 1 is 1.20 bits per heavy atom. The Kier molecular flexibility index (Phi) is 4.15. The van der Waals surface area contributed by atoms with Gasteiger partial charge in [-0.2, -0.15) is 0 Å². The number of hydrogen-bond acceptors (Lipinski definition) is 3. The summed E-state index contributed by atoms with van der Waals surface area (Å²) < 4.78 is 1.95. The summed E-state index contributed by atoms with van der Waals surface area (Å²) >= 11 is 7.72. The lowest BCUT2D eigenvalue weighted by Crippen LogP contribution is -2.05. The first kappa shape index (κ1) is 16.1. The lowest BCUT2D eigenvalue weighted by atomic mass is 10.1. The van der Waals surface area contributed by atoms with Crippen molar-refractivity contribution in [2.24, 2.45) is 0 Å². The van der Waals surface area contributed by atoms with E-state index in [1.807, 2.05) is 71.4 Å². The SMILES string of the molecule is Cc1cc(Cl)cn2c(CC(=O)c3cccs3)c(-c3ccccc3)nc12. The summed E-state index contributed by atoms with van der Waals surface area (Å²) in [7, 11) is 0. The van der Waals surface area contributed by atoms with Crippen molar-refractivity contribution in [3.63, 3.8) is 0 Å². The number of aryl methyl sites for hydroxylation is 1. The number of rotatable bonds is 4. The minimum atomic E-state index is 0.0895. The number of carbonyl (C=O) groups is 1. The first-order valence-electron chi connectivity index (χ1n) is 7.92. The number of imidazole rings is 1. The molecule has 0 saturated carbocycles. The van der Waals surface area contributed by atoms with Crippen LogP contribution in [0.1, 0.15) is 20.9 Å². The van der Waals surface area contributed by atoms with Crippen molar-refractivity contribution in [2.75, 3.05) is 0 Å². The summed E-state index contributed by atoms with van der Waals surface area (Å²) in [6.45, 7) is 1.98. The number of carbonyl (C=O) groups excluding carboxylic acids is 1. The number of fused-ring (bicyclic) bond motifs is 1. The van der Waals surface area contributed by atoms with Gasteiger partial charge in [0.25, 0.3) is 0 Å². The minimum Gasteiger partial charge on any atom is -0.301 e. The van der Waals surface area contributed by atoms with E-state index in [9.17, 15) is 4.79 Å². The van der Waals surface area contributed by atoms with Gasteiger partial charge in [0.05, 0.1) is 27.7 Å². The van der Waals surface area contributed by atoms with Gasteiger partial charge in [0.1, 0.15) is 5.65 Å². The van der Waals surface area contributed by atoms with Gasteiger partial charge >= 0.3 is 0 Å². The molecular formula is C20H15ClN2OS. The first-order valence-corrected chi connectivity index (χ1v) is 9.18. The summed E-state index contributed by atoms with van der Waals surface area (Å²) in [6.07, 6.45) is 2.12. The second-order valence-electron chi connectivity index (χ2n) is 5.89. The van der Waals surface area contributed by atoms with Crippen LogP contribution in [-0.4, -0.2) is 15.2 Å². The number of hydrogen-bond donors (Lipinski definition) is 0. The predicted octanol–water partition coefficient (Wildman–Crippen LogP) is 5.45. The Balaban J connectivity index is 1.91. The molecule has 5 heteroatoms. The van der Waals surface area contributed by atoms with Crippen LogP contribution in [0, 0.1) is 6.92 Å². The van der Waals surface area contributed by atoms with Gasteiger partial charge in [-0.1, -0.05) is 48.0 Å². The predicted molar refractivity (Wildman–Crippen MR) is 103 cm³/mol. The zero-order chi connectivity index (χ0) is 17.4. The molecule has 0 saturated heterocycles. The smallest absolute Gasteiger partial charge is 0.178 e. The fourth-order valence-electron chi connectivity index (χ4n) is 2.99. The highest BCUT2D eigenvalue weighted by Crippen LogP contribution is 2.28. The third-order valence-electron chi connectivity index (χ3n) is 4.14. The van der Waals surface area contributed by atoms with E-state index in [0.717, 1.165) is 33.0 Å². The van der Waals surface area contributed by atoms with E-state index in [-0.39, 0.29) is 12.2 Å². The van der Waals surface area contributed by atoms with E-state index in [1.165, 1.54) is 11.3 Å². The third kappa shape index (κ3) is 2.99. The van der Waals surface area contributed by atoms with E-state index < -0.39 is 0 Å². The number of thiophene rings is 1. The van der Waals surface area contributed by atoms with E-state index in [0.29, 0.717) is 5.02 Å². The van der Waals surface area contributed by atoms with Crippen LogP contribution in [0.25, 0.3) is 16.9 Å². The monoisotopic (exact) mass is 366 g/mol. The molecule has 0 radical (unpaired) electrons. The Labute approximate surface area is 154 Å². The Bertz CT molecular complexity index is 1050. The fourth-order valence-corrected chi connectivity index (χ4v) is 3.91. The lowest BCUT2D eigenvalue weighted by molar-refractivity contribution is 0.0995. The largest absolute Gasteiger partial charge is 0.301 e. The van der Waals surface area contributed by atoms with Crippen LogP contribution in [0.2, 0.25) is 5.02 Å². The molecule has 0 spiro atoms. The molecule has 3 aromatic heterocycles. The number of nitrogens with zero attached hydrogens (tertiary/aromatic N) is 2. The Morgan fingerprint density at radius 2 is 2.00 bits per heavy atom. The summed E-state index contributed by atoms with van der Waals surface area (Å²) in [5.41, 5.74) is 4.51. The van der Waals surface area contributed by atoms with Crippen LogP contribution in [-0.2, 0) is 6.42 Å². The molecule has 3 nitrogen and oxygen atoms in total. The highest BCUT2D eigenvalue weighted by atomic mass is 35.5. The van der Waals surface area contributed by atoms with E-state index in [2.05, 4.69) is 0 Å². The highest BCUT2D eigenvalue weighted by molar-refractivity contribution is 7.12. The molecule has 1 aromatic carbocycles. The van der Waals surface area contributed by atoms with Crippen molar-refractivity contribution in [1.29, 1.82) is 0 Å². The molecule has 0 atom stereocenters. The van der Waals surface area contributed by atoms with Crippen LogP contribution in [0.5, 0.6) is 0 Å². The summed E-state index contributed by atoms with van der Waals surface area (Å²) in [5.74, 6) is 0.0895. The molecule has 124 valence electrons. The number of ketones is 1. The van der Waals surface area contributed by atoms with Gasteiger partial charge in [0, 0.05) is 11.8 Å². The standard InChI is InChI=1S/C20H15ClN2OS/c1-13-10-15(21)12-23-16(11-17(24)18-8-5-9-25-18)19(22-20(13)23)14-6-3-2-4-7-14/h2-10,12H,11H2,1H3. The molecule has 0 fully saturated rings. The lowest BCUT2D eigenvalue weighted by Gasteiger charge is -2.06. The van der Waals surface area contributed by atoms with Crippen LogP contribution in [0.15, 0.2) is 60.1 Å². The van der Waals surface area contributed by atoms with Gasteiger partial charge in [0.15, 0.2) is 5.78 Å². The average molecular weight is 367 g/mol. The fraction of sp³-hybridized carbons (Fsp3) is 0.100. The zero-order valence-corrected chi connectivity index (χ0v) is 15.1. The average Bonchev–Trinajstić information content (AvgIpc) is 3.25. The molecule has 0 aliphatic carbocycles. The number of Topliss-reactive ketones (excluding diaryl/α,β-unsaturated/α-hetero) is 1. The second kappa shape index (κ2) is 6.47. The number of benzene rings is 1. The van der Waals surface area contributed by atoms with E-state index >= 15 is 0 Å². The quantitative estimate of drug-likeness (QED) is 0.450. The van der Waals surface area contributed by atoms with Crippen LogP contribution < -0.4 is 0 Å². The maximum absolute atomic E-state index is 12.7. The van der Waals surface area contributed by atoms with Crippen LogP contribution >= 0.6 is 22.9 Å². The second-order valence-corrected chi connectivity index (χ2v) is 7.27. The summed E-state index contributed by atoms with van der Waals surface area (Å²) in [4.78, 5) is 18.3. The van der Waals surface area contributed by atoms with Crippen LogP contribution in [0.4, 0.5) is 0 Å². The van der Waals surface area contributed by atoms with Crippen molar-refractivity contribution < 1.29 is 4.79 Å². The third-order valence-corrected chi connectivity index (χ3v) is 5.26. The zero-order valence-electron chi connectivity index (χ0n) is 13.6. The van der Waals surface area contributed by atoms with Crippen molar-refractivity contribution in [2.45, 2.75) is 13.3 Å². The van der Waals surface area contributed by atoms with Crippen molar-refractivity contribution in [3.8, 4) is 11.3 Å². The molecule has 4 rings (SSSR count). The van der Waals surface area contributed by atoms with Gasteiger partial charge < -0.3 is 4.40 Å². The number of halogens is 1. The molecule has 4 aromatic rings. The Hall–Kier alpha value is -2.43. The molecule has 0 bridgehead atoms. The van der Waals surface area contributed by atoms with Gasteiger partial charge in [-0.25, -0.2) is 4.98 Å². The molecule has 25 heavy (non-hydrogen) atoms. The van der Waals surface area contributed by atoms with Crippen LogP contribution in [0.3, 0.4) is 0 Å². The maximum atomic E-state index is 12.7. The Morgan fingerprint density at radius 3 is 2.72 bits per heavy atom. The first-order chi connectivity index (χ1) is 12.1. The summed E-state index contributed by atoms with van der Waals surface area (Å²) in [5, 5.41) is 2.55. The van der Waals surface area contributed by atoms with Gasteiger partial charge in [0.2, 0.25) is 0 Å². The number of pyridine rings is 1. The molecule has 0 aliphatic heterocycles. The summed E-state index contributed by atoms with van der Waals surface area (Å²) in [6, 6.07) is 15.6. The van der Waals surface area contributed by atoms with E-state index in [1.54, 1.807) is 0 Å². The topological polar surface area (TPSA) is 34.4 Å². The van der Waals surface area contributed by atoms with E-state index in [4.69, 9.17) is 16.6 Å².